The summed E-state index contributed by atoms with van der Waals surface area (Å²) in [5, 5.41) is 0. The molecule has 0 saturated heterocycles. The molecule has 0 atom stereocenters. The Kier molecular flexibility index (Phi) is 5.62. The van der Waals surface area contributed by atoms with Gasteiger partial charge in [0.25, 0.3) is 0 Å². The van der Waals surface area contributed by atoms with Gasteiger partial charge in [0.1, 0.15) is 5.75 Å². The zero-order valence-corrected chi connectivity index (χ0v) is 11.7. The highest BCUT2D eigenvalue weighted by Crippen LogP contribution is 2.06. The molecule has 0 saturated carbocycles. The van der Waals surface area contributed by atoms with Crippen LogP contribution in [0.5, 0.6) is 0 Å². The lowest BCUT2D eigenvalue weighted by atomic mass is 10.2. The van der Waals surface area contributed by atoms with E-state index in [1.54, 1.807) is 0 Å². The molecule has 1 aromatic carbocycles. The van der Waals surface area contributed by atoms with E-state index in [1.165, 1.54) is 4.90 Å². The molecule has 4 nitrogen and oxygen atoms in total. The number of rotatable bonds is 6. The summed E-state index contributed by atoms with van der Waals surface area (Å²) in [5.74, 6) is -0.610. The molecule has 18 heavy (non-hydrogen) atoms. The third-order valence-electron chi connectivity index (χ3n) is 2.31. The SMILES string of the molecule is CS(=O)(=O)CC(=O)N(CCCl)Cc1ccccc1. The summed E-state index contributed by atoms with van der Waals surface area (Å²) in [7, 11) is -3.31. The number of sulfone groups is 1. The van der Waals surface area contributed by atoms with E-state index in [2.05, 4.69) is 0 Å². The second kappa shape index (κ2) is 6.75. The Balaban J connectivity index is 2.74. The minimum atomic E-state index is -3.31. The van der Waals surface area contributed by atoms with Crippen molar-refractivity contribution in [3.05, 3.63) is 35.9 Å². The molecule has 1 amide bonds. The van der Waals surface area contributed by atoms with Crippen LogP contribution < -0.4 is 0 Å². The normalized spacial score (nSPS) is 11.2. The maximum absolute atomic E-state index is 11.8. The number of halogens is 1. The monoisotopic (exact) mass is 289 g/mol. The molecule has 0 aliphatic rings. The van der Waals surface area contributed by atoms with Crippen molar-refractivity contribution in [1.82, 2.24) is 4.90 Å². The van der Waals surface area contributed by atoms with Crippen molar-refractivity contribution in [2.45, 2.75) is 6.54 Å². The molecule has 6 heteroatoms. The van der Waals surface area contributed by atoms with E-state index in [4.69, 9.17) is 11.6 Å². The number of hydrogen-bond donors (Lipinski definition) is 0. The highest BCUT2D eigenvalue weighted by molar-refractivity contribution is 7.91. The van der Waals surface area contributed by atoms with Crippen LogP contribution in [0.25, 0.3) is 0 Å². The molecule has 0 aliphatic carbocycles. The Morgan fingerprint density at radius 2 is 1.89 bits per heavy atom. The number of carbonyl (C=O) groups excluding carboxylic acids is 1. The van der Waals surface area contributed by atoms with Gasteiger partial charge in [-0.05, 0) is 5.56 Å². The van der Waals surface area contributed by atoms with Crippen LogP contribution in [-0.4, -0.2) is 43.7 Å². The van der Waals surface area contributed by atoms with Crippen molar-refractivity contribution >= 4 is 27.3 Å². The molecule has 1 rings (SSSR count). The Labute approximate surface area is 112 Å². The lowest BCUT2D eigenvalue weighted by molar-refractivity contribution is -0.128. The van der Waals surface area contributed by atoms with Crippen LogP contribution in [-0.2, 0) is 21.2 Å². The van der Waals surface area contributed by atoms with Gasteiger partial charge in [0.15, 0.2) is 9.84 Å². The van der Waals surface area contributed by atoms with Crippen molar-refractivity contribution in [2.75, 3.05) is 24.4 Å². The number of benzene rings is 1. The minimum absolute atomic E-state index is 0.280. The largest absolute Gasteiger partial charge is 0.336 e. The van der Waals surface area contributed by atoms with Gasteiger partial charge < -0.3 is 4.90 Å². The lowest BCUT2D eigenvalue weighted by Gasteiger charge is -2.21. The van der Waals surface area contributed by atoms with Crippen LogP contribution in [0.3, 0.4) is 0 Å². The number of carbonyl (C=O) groups is 1. The first kappa shape index (κ1) is 15.0. The fraction of sp³-hybridized carbons (Fsp3) is 0.417. The summed E-state index contributed by atoms with van der Waals surface area (Å²) in [6.07, 6.45) is 1.05. The molecular weight excluding hydrogens is 274 g/mol. The minimum Gasteiger partial charge on any atom is -0.336 e. The molecule has 0 aromatic heterocycles. The first-order valence-corrected chi connectivity index (χ1v) is 8.07. The fourth-order valence-corrected chi connectivity index (χ4v) is 2.35. The van der Waals surface area contributed by atoms with Gasteiger partial charge in [0, 0.05) is 25.2 Å². The van der Waals surface area contributed by atoms with Crippen molar-refractivity contribution in [3.8, 4) is 0 Å². The van der Waals surface area contributed by atoms with Gasteiger partial charge in [-0.15, -0.1) is 11.6 Å². The highest BCUT2D eigenvalue weighted by Gasteiger charge is 2.18. The molecule has 0 radical (unpaired) electrons. The second-order valence-electron chi connectivity index (χ2n) is 4.06. The van der Waals surface area contributed by atoms with E-state index in [0.29, 0.717) is 13.1 Å². The summed E-state index contributed by atoms with van der Waals surface area (Å²) in [4.78, 5) is 13.3. The van der Waals surface area contributed by atoms with Gasteiger partial charge in [-0.1, -0.05) is 30.3 Å². The fourth-order valence-electron chi connectivity index (χ4n) is 1.51. The Bertz CT molecular complexity index is 487. The van der Waals surface area contributed by atoms with Crippen molar-refractivity contribution < 1.29 is 13.2 Å². The Morgan fingerprint density at radius 3 is 2.39 bits per heavy atom. The average molecular weight is 290 g/mol. The summed E-state index contributed by atoms with van der Waals surface area (Å²) in [6, 6.07) is 9.39. The summed E-state index contributed by atoms with van der Waals surface area (Å²) in [6.45, 7) is 0.715. The first-order valence-electron chi connectivity index (χ1n) is 5.48. The molecule has 0 spiro atoms. The van der Waals surface area contributed by atoms with E-state index >= 15 is 0 Å². The van der Waals surface area contributed by atoms with E-state index < -0.39 is 21.5 Å². The summed E-state index contributed by atoms with van der Waals surface area (Å²) < 4.78 is 22.2. The van der Waals surface area contributed by atoms with Gasteiger partial charge in [0.2, 0.25) is 5.91 Å². The maximum Gasteiger partial charge on any atom is 0.238 e. The van der Waals surface area contributed by atoms with Gasteiger partial charge in [-0.3, -0.25) is 4.79 Å². The van der Waals surface area contributed by atoms with Crippen molar-refractivity contribution in [2.24, 2.45) is 0 Å². The standard InChI is InChI=1S/C12H16ClNO3S/c1-18(16,17)10-12(15)14(8-7-13)9-11-5-3-2-4-6-11/h2-6H,7-10H2,1H3. The predicted molar refractivity (Wildman–Crippen MR) is 72.3 cm³/mol. The summed E-state index contributed by atoms with van der Waals surface area (Å²) >= 11 is 5.63. The van der Waals surface area contributed by atoms with Crippen LogP contribution in [0.1, 0.15) is 5.56 Å². The van der Waals surface area contributed by atoms with Crippen LogP contribution >= 0.6 is 11.6 Å². The molecule has 0 unspecified atom stereocenters. The smallest absolute Gasteiger partial charge is 0.238 e. The zero-order valence-electron chi connectivity index (χ0n) is 10.2. The summed E-state index contributed by atoms with van der Waals surface area (Å²) in [5.41, 5.74) is 0.949. The highest BCUT2D eigenvalue weighted by atomic mass is 35.5. The van der Waals surface area contributed by atoms with Gasteiger partial charge in [-0.25, -0.2) is 8.42 Å². The van der Waals surface area contributed by atoms with E-state index in [1.807, 2.05) is 30.3 Å². The van der Waals surface area contributed by atoms with Crippen molar-refractivity contribution in [3.63, 3.8) is 0 Å². The topological polar surface area (TPSA) is 54.5 Å². The Hall–Kier alpha value is -1.07. The van der Waals surface area contributed by atoms with Gasteiger partial charge in [-0.2, -0.15) is 0 Å². The maximum atomic E-state index is 11.8. The number of nitrogens with zero attached hydrogens (tertiary/aromatic N) is 1. The number of amides is 1. The quantitative estimate of drug-likeness (QED) is 0.742. The average Bonchev–Trinajstić information content (AvgIpc) is 2.27. The zero-order chi connectivity index (χ0) is 13.6. The molecule has 0 N–H and O–H groups in total. The molecule has 0 aliphatic heterocycles. The molecule has 0 heterocycles. The third-order valence-corrected chi connectivity index (χ3v) is 3.25. The second-order valence-corrected chi connectivity index (χ2v) is 6.58. The van der Waals surface area contributed by atoms with E-state index in [-0.39, 0.29) is 5.88 Å². The van der Waals surface area contributed by atoms with E-state index in [9.17, 15) is 13.2 Å². The van der Waals surface area contributed by atoms with Gasteiger partial charge in [0.05, 0.1) is 0 Å². The van der Waals surface area contributed by atoms with Crippen molar-refractivity contribution in [1.29, 1.82) is 0 Å². The number of hydrogen-bond acceptors (Lipinski definition) is 3. The molecule has 1 aromatic rings. The number of alkyl halides is 1. The third kappa shape index (κ3) is 5.51. The first-order chi connectivity index (χ1) is 8.42. The van der Waals surface area contributed by atoms with Crippen LogP contribution in [0.4, 0.5) is 0 Å². The Morgan fingerprint density at radius 1 is 1.28 bits per heavy atom. The van der Waals surface area contributed by atoms with Crippen LogP contribution in [0.2, 0.25) is 0 Å². The molecule has 0 fully saturated rings. The molecule has 0 bridgehead atoms. The van der Waals surface area contributed by atoms with E-state index in [0.717, 1.165) is 11.8 Å². The molecular formula is C12H16ClNO3S. The predicted octanol–water partition coefficient (Wildman–Crippen LogP) is 1.30. The molecule has 100 valence electrons. The van der Waals surface area contributed by atoms with Gasteiger partial charge >= 0.3 is 0 Å². The van der Waals surface area contributed by atoms with Crippen LogP contribution in [0, 0.1) is 0 Å². The lowest BCUT2D eigenvalue weighted by Crippen LogP contribution is -2.36. The van der Waals surface area contributed by atoms with Crippen LogP contribution in [0.15, 0.2) is 30.3 Å².